The number of nitrogens with one attached hydrogen (secondary N) is 1. The largest absolute Gasteiger partial charge is 0.368 e. The fraction of sp³-hybridized carbons (Fsp3) is 0. The van der Waals surface area contributed by atoms with Crippen molar-refractivity contribution in [2.45, 2.75) is 0 Å². The molecule has 2 rings (SSSR count). The minimum atomic E-state index is -1.30. The summed E-state index contributed by atoms with van der Waals surface area (Å²) >= 11 is 5.50. The van der Waals surface area contributed by atoms with E-state index in [0.717, 1.165) is 0 Å². The van der Waals surface area contributed by atoms with Gasteiger partial charge >= 0.3 is 0 Å². The molecule has 0 unspecified atom stereocenters. The van der Waals surface area contributed by atoms with Gasteiger partial charge in [0.1, 0.15) is 5.82 Å². The molecule has 0 saturated heterocycles. The first-order chi connectivity index (χ1) is 8.45. The molecule has 0 atom stereocenters. The molecule has 3 N–H and O–H groups in total. The van der Waals surface area contributed by atoms with E-state index < -0.39 is 17.5 Å². The highest BCUT2D eigenvalue weighted by atomic mass is 35.5. The lowest BCUT2D eigenvalue weighted by atomic mass is 10.3. The second-order valence-electron chi connectivity index (χ2n) is 3.16. The quantitative estimate of drug-likeness (QED) is 0.822. The molecule has 1 aromatic carbocycles. The van der Waals surface area contributed by atoms with Gasteiger partial charge in [0.2, 0.25) is 17.2 Å². The second kappa shape index (κ2) is 4.65. The lowest BCUT2D eigenvalue weighted by Crippen LogP contribution is -2.05. The Kier molecular flexibility index (Phi) is 3.19. The van der Waals surface area contributed by atoms with Gasteiger partial charge in [-0.1, -0.05) is 0 Å². The van der Waals surface area contributed by atoms with Crippen molar-refractivity contribution in [1.29, 1.82) is 0 Å². The van der Waals surface area contributed by atoms with E-state index in [-0.39, 0.29) is 22.9 Å². The van der Waals surface area contributed by atoms with Crippen LogP contribution in [0.3, 0.4) is 0 Å². The molecule has 0 spiro atoms. The summed E-state index contributed by atoms with van der Waals surface area (Å²) in [5, 5.41) is 2.10. The Hall–Kier alpha value is -2.09. The Morgan fingerprint density at radius 3 is 2.33 bits per heavy atom. The lowest BCUT2D eigenvalue weighted by Gasteiger charge is -2.06. The smallest absolute Gasteiger partial charge is 0.233 e. The van der Waals surface area contributed by atoms with Crippen molar-refractivity contribution in [2.24, 2.45) is 0 Å². The van der Waals surface area contributed by atoms with E-state index in [1.807, 2.05) is 0 Å². The van der Waals surface area contributed by atoms with Gasteiger partial charge in [0, 0.05) is 12.1 Å². The van der Waals surface area contributed by atoms with E-state index in [1.54, 1.807) is 0 Å². The van der Waals surface area contributed by atoms with Crippen molar-refractivity contribution in [3.63, 3.8) is 0 Å². The fourth-order valence-electron chi connectivity index (χ4n) is 1.16. The third kappa shape index (κ3) is 2.59. The maximum Gasteiger partial charge on any atom is 0.233 e. The summed E-state index contributed by atoms with van der Waals surface area (Å²) in [4.78, 5) is 10.7. The molecule has 0 saturated carbocycles. The molecule has 0 aliphatic rings. The maximum absolute atomic E-state index is 13.3. The van der Waals surface area contributed by atoms with Gasteiger partial charge in [-0.3, -0.25) is 0 Å². The van der Waals surface area contributed by atoms with Crippen LogP contribution in [0.2, 0.25) is 5.28 Å². The van der Waals surface area contributed by atoms with E-state index >= 15 is 0 Å². The minimum Gasteiger partial charge on any atom is -0.368 e. The zero-order chi connectivity index (χ0) is 13.3. The normalized spacial score (nSPS) is 10.4. The molecule has 0 radical (unpaired) electrons. The highest BCUT2D eigenvalue weighted by molar-refractivity contribution is 6.28. The summed E-state index contributed by atoms with van der Waals surface area (Å²) < 4.78 is 38.9. The Morgan fingerprint density at radius 1 is 1.00 bits per heavy atom. The van der Waals surface area contributed by atoms with E-state index in [0.29, 0.717) is 12.1 Å². The number of nitrogens with two attached hydrogens (primary N) is 1. The van der Waals surface area contributed by atoms with Gasteiger partial charge in [-0.25, -0.2) is 13.2 Å². The van der Waals surface area contributed by atoms with Gasteiger partial charge in [0.05, 0.1) is 5.69 Å². The third-order valence-corrected chi connectivity index (χ3v) is 2.05. The number of hydrogen-bond acceptors (Lipinski definition) is 5. The first kappa shape index (κ1) is 12.4. The number of benzene rings is 1. The van der Waals surface area contributed by atoms with Gasteiger partial charge in [0.15, 0.2) is 11.6 Å². The summed E-state index contributed by atoms with van der Waals surface area (Å²) in [6.45, 7) is 0. The fourth-order valence-corrected chi connectivity index (χ4v) is 1.33. The molecule has 2 aromatic rings. The third-order valence-electron chi connectivity index (χ3n) is 1.88. The second-order valence-corrected chi connectivity index (χ2v) is 3.50. The summed E-state index contributed by atoms with van der Waals surface area (Å²) in [5.41, 5.74) is 4.94. The van der Waals surface area contributed by atoms with Crippen molar-refractivity contribution < 1.29 is 13.2 Å². The number of anilines is 3. The van der Waals surface area contributed by atoms with Crippen LogP contribution in [0.1, 0.15) is 0 Å². The van der Waals surface area contributed by atoms with Crippen LogP contribution in [-0.2, 0) is 0 Å². The lowest BCUT2D eigenvalue weighted by molar-refractivity contribution is 0.496. The standard InChI is InChI=1S/C9H5ClF3N5/c10-7-16-8(14)18-9(17-7)15-6-2-4(12)3(11)1-5(6)13/h1-2H,(H3,14,15,16,17,18). The first-order valence-electron chi connectivity index (χ1n) is 4.54. The Bertz CT molecular complexity index is 587. The Balaban J connectivity index is 2.36. The van der Waals surface area contributed by atoms with Crippen LogP contribution in [0.25, 0.3) is 0 Å². The SMILES string of the molecule is Nc1nc(Cl)nc(Nc2cc(F)c(F)cc2F)n1. The van der Waals surface area contributed by atoms with Gasteiger partial charge in [-0.15, -0.1) is 0 Å². The number of halogens is 4. The molecular weight excluding hydrogens is 271 g/mol. The number of nitrogens with zero attached hydrogens (tertiary/aromatic N) is 3. The summed E-state index contributed by atoms with van der Waals surface area (Å²) in [6, 6.07) is 1.02. The van der Waals surface area contributed by atoms with E-state index in [1.165, 1.54) is 0 Å². The topological polar surface area (TPSA) is 76.7 Å². The molecule has 94 valence electrons. The van der Waals surface area contributed by atoms with Crippen molar-refractivity contribution in [3.8, 4) is 0 Å². The van der Waals surface area contributed by atoms with Gasteiger partial charge < -0.3 is 11.1 Å². The molecule has 0 fully saturated rings. The molecule has 5 nitrogen and oxygen atoms in total. The van der Waals surface area contributed by atoms with E-state index in [9.17, 15) is 13.2 Å². The van der Waals surface area contributed by atoms with E-state index in [2.05, 4.69) is 20.3 Å². The highest BCUT2D eigenvalue weighted by Gasteiger charge is 2.11. The molecule has 0 aliphatic heterocycles. The predicted octanol–water partition coefficient (Wildman–Crippen LogP) is 2.27. The molecular formula is C9H5ClF3N5. The van der Waals surface area contributed by atoms with Crippen LogP contribution in [0.5, 0.6) is 0 Å². The van der Waals surface area contributed by atoms with Crippen LogP contribution in [0, 0.1) is 17.5 Å². The number of hydrogen-bond donors (Lipinski definition) is 2. The van der Waals surface area contributed by atoms with Crippen LogP contribution < -0.4 is 11.1 Å². The molecule has 0 bridgehead atoms. The molecule has 0 amide bonds. The first-order valence-corrected chi connectivity index (χ1v) is 4.92. The van der Waals surface area contributed by atoms with Crippen molar-refractivity contribution in [3.05, 3.63) is 34.9 Å². The molecule has 1 heterocycles. The number of aromatic nitrogens is 3. The van der Waals surface area contributed by atoms with Crippen LogP contribution in [0.15, 0.2) is 12.1 Å². The zero-order valence-electron chi connectivity index (χ0n) is 8.59. The maximum atomic E-state index is 13.3. The van der Waals surface area contributed by atoms with Gasteiger partial charge in [0.25, 0.3) is 0 Å². The Morgan fingerprint density at radius 2 is 1.67 bits per heavy atom. The summed E-state index contributed by atoms with van der Waals surface area (Å²) in [5.74, 6) is -3.90. The summed E-state index contributed by atoms with van der Waals surface area (Å²) in [7, 11) is 0. The number of rotatable bonds is 2. The number of nitrogen functional groups attached to an aromatic ring is 1. The summed E-state index contributed by atoms with van der Waals surface area (Å²) in [6.07, 6.45) is 0. The zero-order valence-corrected chi connectivity index (χ0v) is 9.34. The predicted molar refractivity (Wildman–Crippen MR) is 58.8 cm³/mol. The highest BCUT2D eigenvalue weighted by Crippen LogP contribution is 2.21. The van der Waals surface area contributed by atoms with Crippen LogP contribution >= 0.6 is 11.6 Å². The molecule has 18 heavy (non-hydrogen) atoms. The average Bonchev–Trinajstić information content (AvgIpc) is 2.24. The van der Waals surface area contributed by atoms with Crippen LogP contribution in [-0.4, -0.2) is 15.0 Å². The molecule has 9 heteroatoms. The monoisotopic (exact) mass is 275 g/mol. The van der Waals surface area contributed by atoms with Crippen molar-refractivity contribution in [1.82, 2.24) is 15.0 Å². The minimum absolute atomic E-state index is 0.183. The van der Waals surface area contributed by atoms with Gasteiger partial charge in [-0.2, -0.15) is 15.0 Å². The Labute approximate surface area is 104 Å². The molecule has 1 aromatic heterocycles. The average molecular weight is 276 g/mol. The van der Waals surface area contributed by atoms with Gasteiger partial charge in [-0.05, 0) is 11.6 Å². The van der Waals surface area contributed by atoms with E-state index in [4.69, 9.17) is 17.3 Å². The van der Waals surface area contributed by atoms with Crippen LogP contribution in [0.4, 0.5) is 30.8 Å². The van der Waals surface area contributed by atoms with Crippen molar-refractivity contribution >= 4 is 29.2 Å². The molecule has 0 aliphatic carbocycles. The van der Waals surface area contributed by atoms with Crippen molar-refractivity contribution in [2.75, 3.05) is 11.1 Å².